The van der Waals surface area contributed by atoms with Crippen LogP contribution in [0.1, 0.15) is 37.7 Å². The summed E-state index contributed by atoms with van der Waals surface area (Å²) in [7, 11) is 5.80. The van der Waals surface area contributed by atoms with Crippen LogP contribution in [-0.4, -0.2) is 80.2 Å². The van der Waals surface area contributed by atoms with Gasteiger partial charge in [0.2, 0.25) is 0 Å². The normalized spacial score (nSPS) is 22.0. The third kappa shape index (κ3) is 6.03. The Morgan fingerprint density at radius 3 is 2.61 bits per heavy atom. The lowest BCUT2D eigenvalue weighted by Gasteiger charge is -2.39. The highest BCUT2D eigenvalue weighted by Gasteiger charge is 2.34. The molecule has 1 saturated heterocycles. The number of hydrogen-bond acceptors (Lipinski definition) is 5. The first-order chi connectivity index (χ1) is 17.2. The van der Waals surface area contributed by atoms with Crippen LogP contribution in [0, 0.1) is 5.92 Å². The second-order valence-electron chi connectivity index (χ2n) is 9.66. The number of hydrogen-bond donors (Lipinski definition) is 1. The molecule has 3 aliphatic heterocycles. The number of aliphatic imine (C=N–C) groups is 2. The second kappa shape index (κ2) is 10.9. The van der Waals surface area contributed by atoms with E-state index in [1.54, 1.807) is 18.1 Å². The molecule has 10 heteroatoms. The third-order valence-corrected chi connectivity index (χ3v) is 6.98. The Labute approximate surface area is 211 Å². The SMILES string of the molecule is C=C1C2=C(CCCCN2C)C(=NCC2CCN(C)CC2)NN1C(=NC)c1cccc(OC(F)(F)F)c1. The summed E-state index contributed by atoms with van der Waals surface area (Å²) in [4.78, 5) is 14.0. The van der Waals surface area contributed by atoms with Crippen molar-refractivity contribution in [3.63, 3.8) is 0 Å². The van der Waals surface area contributed by atoms with Crippen molar-refractivity contribution >= 4 is 11.7 Å². The number of halogens is 3. The summed E-state index contributed by atoms with van der Waals surface area (Å²) in [5.74, 6) is 1.45. The number of benzene rings is 1. The van der Waals surface area contributed by atoms with Crippen molar-refractivity contribution in [1.82, 2.24) is 20.2 Å². The van der Waals surface area contributed by atoms with Crippen molar-refractivity contribution < 1.29 is 17.9 Å². The average molecular weight is 505 g/mol. The molecule has 1 aromatic carbocycles. The van der Waals surface area contributed by atoms with Crippen LogP contribution in [-0.2, 0) is 0 Å². The minimum absolute atomic E-state index is 0.300. The van der Waals surface area contributed by atoms with Crippen LogP contribution in [0.5, 0.6) is 5.75 Å². The van der Waals surface area contributed by atoms with Gasteiger partial charge in [-0.1, -0.05) is 18.7 Å². The van der Waals surface area contributed by atoms with Gasteiger partial charge >= 0.3 is 6.36 Å². The van der Waals surface area contributed by atoms with Gasteiger partial charge in [-0.15, -0.1) is 13.2 Å². The first-order valence-corrected chi connectivity index (χ1v) is 12.4. The van der Waals surface area contributed by atoms with E-state index in [1.807, 2.05) is 7.05 Å². The molecule has 0 unspecified atom stereocenters. The van der Waals surface area contributed by atoms with Crippen molar-refractivity contribution in [2.24, 2.45) is 15.9 Å². The zero-order chi connectivity index (χ0) is 25.9. The molecule has 0 bridgehead atoms. The molecule has 0 spiro atoms. The minimum atomic E-state index is -4.77. The molecule has 4 rings (SSSR count). The fourth-order valence-electron chi connectivity index (χ4n) is 5.05. The Hall–Kier alpha value is -3.01. The Morgan fingerprint density at radius 1 is 1.17 bits per heavy atom. The second-order valence-corrected chi connectivity index (χ2v) is 9.66. The van der Waals surface area contributed by atoms with Crippen molar-refractivity contribution in [3.05, 3.63) is 53.4 Å². The Morgan fingerprint density at radius 2 is 1.92 bits per heavy atom. The lowest BCUT2D eigenvalue weighted by molar-refractivity contribution is -0.274. The molecule has 0 amide bonds. The smallest absolute Gasteiger partial charge is 0.406 e. The number of amidine groups is 2. The number of likely N-dealkylation sites (tertiary alicyclic amines) is 1. The monoisotopic (exact) mass is 504 g/mol. The predicted molar refractivity (Wildman–Crippen MR) is 136 cm³/mol. The van der Waals surface area contributed by atoms with Gasteiger partial charge in [0.15, 0.2) is 5.84 Å². The van der Waals surface area contributed by atoms with E-state index >= 15 is 0 Å². The predicted octanol–water partition coefficient (Wildman–Crippen LogP) is 4.41. The van der Waals surface area contributed by atoms with Gasteiger partial charge in [-0.2, -0.15) is 0 Å². The van der Waals surface area contributed by atoms with E-state index in [1.165, 1.54) is 18.2 Å². The van der Waals surface area contributed by atoms with Crippen LogP contribution in [0.2, 0.25) is 0 Å². The van der Waals surface area contributed by atoms with E-state index in [2.05, 4.69) is 38.6 Å². The van der Waals surface area contributed by atoms with Crippen LogP contribution in [0.25, 0.3) is 0 Å². The summed E-state index contributed by atoms with van der Waals surface area (Å²) >= 11 is 0. The zero-order valence-corrected chi connectivity index (χ0v) is 21.2. The number of nitrogens with one attached hydrogen (secondary N) is 1. The quantitative estimate of drug-likeness (QED) is 0.487. The molecule has 0 saturated carbocycles. The van der Waals surface area contributed by atoms with Crippen molar-refractivity contribution in [3.8, 4) is 5.75 Å². The summed E-state index contributed by atoms with van der Waals surface area (Å²) in [6.07, 6.45) is 0.457. The number of likely N-dealkylation sites (N-methyl/N-ethyl adjacent to an activating group) is 1. The summed E-state index contributed by atoms with van der Waals surface area (Å²) in [5, 5.41) is 1.74. The molecule has 3 aliphatic rings. The Balaban J connectivity index is 1.67. The molecular weight excluding hydrogens is 469 g/mol. The number of nitrogens with zero attached hydrogens (tertiary/aromatic N) is 5. The summed E-state index contributed by atoms with van der Waals surface area (Å²) in [5.41, 5.74) is 6.71. The van der Waals surface area contributed by atoms with Crippen molar-refractivity contribution in [1.29, 1.82) is 0 Å². The number of hydrazine groups is 1. The molecule has 1 aromatic rings. The Kier molecular flexibility index (Phi) is 7.92. The van der Waals surface area contributed by atoms with Crippen molar-refractivity contribution in [2.45, 2.75) is 38.5 Å². The maximum atomic E-state index is 12.8. The fourth-order valence-corrected chi connectivity index (χ4v) is 5.05. The van der Waals surface area contributed by atoms with Gasteiger partial charge in [-0.05, 0) is 70.3 Å². The molecule has 196 valence electrons. The number of piperidine rings is 1. The first-order valence-electron chi connectivity index (χ1n) is 12.4. The standard InChI is InChI=1S/C26H35F3N6O/c1-18-23-22(10-5-6-13-34(23)4)24(31-17-19-11-14-33(3)15-12-19)32-35(18)25(30-2)20-8-7-9-21(16-20)36-26(27,28)29/h7-9,16,19H,1,5-6,10-15,17H2,2-4H3,(H,31,32). The van der Waals surface area contributed by atoms with Crippen molar-refractivity contribution in [2.75, 3.05) is 47.3 Å². The lowest BCUT2D eigenvalue weighted by Crippen LogP contribution is -2.52. The van der Waals surface area contributed by atoms with Gasteiger partial charge in [0.25, 0.3) is 0 Å². The van der Waals surface area contributed by atoms with E-state index in [-0.39, 0.29) is 5.75 Å². The third-order valence-electron chi connectivity index (χ3n) is 6.98. The van der Waals surface area contributed by atoms with Gasteiger partial charge in [-0.25, -0.2) is 5.01 Å². The average Bonchev–Trinajstić information content (AvgIpc) is 3.02. The van der Waals surface area contributed by atoms with Gasteiger partial charge in [0, 0.05) is 38.3 Å². The molecule has 1 fully saturated rings. The topological polar surface area (TPSA) is 55.7 Å². The molecule has 0 aromatic heterocycles. The van der Waals surface area contributed by atoms with Crippen LogP contribution in [0.15, 0.2) is 57.8 Å². The number of ether oxygens (including phenoxy) is 1. The molecule has 0 radical (unpaired) electrons. The van der Waals surface area contributed by atoms with E-state index in [4.69, 9.17) is 4.99 Å². The highest BCUT2D eigenvalue weighted by molar-refractivity contribution is 6.07. The molecule has 1 N–H and O–H groups in total. The van der Waals surface area contributed by atoms with Gasteiger partial charge in [0.1, 0.15) is 11.6 Å². The largest absolute Gasteiger partial charge is 0.573 e. The van der Waals surface area contributed by atoms with Gasteiger partial charge in [-0.3, -0.25) is 15.4 Å². The molecular formula is C26H35F3N6O. The number of rotatable bonds is 4. The fraction of sp³-hybridized carbons (Fsp3) is 0.538. The van der Waals surface area contributed by atoms with Crippen LogP contribution >= 0.6 is 0 Å². The lowest BCUT2D eigenvalue weighted by atomic mass is 9.97. The van der Waals surface area contributed by atoms with E-state index in [0.29, 0.717) is 23.0 Å². The molecule has 7 nitrogen and oxygen atoms in total. The van der Waals surface area contributed by atoms with Crippen LogP contribution < -0.4 is 10.2 Å². The molecule has 3 heterocycles. The van der Waals surface area contributed by atoms with E-state index in [0.717, 1.165) is 75.4 Å². The van der Waals surface area contributed by atoms with Crippen LogP contribution in [0.3, 0.4) is 0 Å². The molecule has 0 atom stereocenters. The molecule has 0 aliphatic carbocycles. The summed E-state index contributed by atoms with van der Waals surface area (Å²) in [6.45, 7) is 8.12. The van der Waals surface area contributed by atoms with Crippen LogP contribution in [0.4, 0.5) is 13.2 Å². The van der Waals surface area contributed by atoms with E-state index in [9.17, 15) is 13.2 Å². The maximum Gasteiger partial charge on any atom is 0.573 e. The Bertz CT molecular complexity index is 1060. The summed E-state index contributed by atoms with van der Waals surface area (Å²) < 4.78 is 42.6. The van der Waals surface area contributed by atoms with Gasteiger partial charge in [0.05, 0.1) is 11.4 Å². The first kappa shape index (κ1) is 26.1. The van der Waals surface area contributed by atoms with Gasteiger partial charge < -0.3 is 14.5 Å². The highest BCUT2D eigenvalue weighted by atomic mass is 19.4. The highest BCUT2D eigenvalue weighted by Crippen LogP contribution is 2.33. The minimum Gasteiger partial charge on any atom is -0.406 e. The number of alkyl halides is 3. The molecule has 36 heavy (non-hydrogen) atoms. The zero-order valence-electron chi connectivity index (χ0n) is 21.2. The summed E-state index contributed by atoms with van der Waals surface area (Å²) in [6, 6.07) is 5.83. The van der Waals surface area contributed by atoms with E-state index < -0.39 is 6.36 Å². The maximum absolute atomic E-state index is 12.8.